The van der Waals surface area contributed by atoms with Crippen LogP contribution >= 0.6 is 0 Å². The number of imidazole rings is 1. The zero-order valence-electron chi connectivity index (χ0n) is 16.1. The number of benzene rings is 2. The van der Waals surface area contributed by atoms with Crippen molar-refractivity contribution in [3.05, 3.63) is 59.7 Å². The Morgan fingerprint density at radius 3 is 2.55 bits per heavy atom. The quantitative estimate of drug-likeness (QED) is 0.584. The zero-order chi connectivity index (χ0) is 21.0. The summed E-state index contributed by atoms with van der Waals surface area (Å²) in [6, 6.07) is 10.8. The van der Waals surface area contributed by atoms with Crippen molar-refractivity contribution in [2.75, 3.05) is 6.54 Å². The predicted octanol–water partition coefficient (Wildman–Crippen LogP) is 2.13. The molecule has 3 rings (SSSR count). The summed E-state index contributed by atoms with van der Waals surface area (Å²) in [5.41, 5.74) is 2.28. The fraction of sp³-hybridized carbons (Fsp3) is 0.300. The Morgan fingerprint density at radius 1 is 1.17 bits per heavy atom. The van der Waals surface area contributed by atoms with Gasteiger partial charge in [0.05, 0.1) is 15.9 Å². The zero-order valence-corrected chi connectivity index (χ0v) is 16.9. The largest absolute Gasteiger partial charge is 0.356 e. The van der Waals surface area contributed by atoms with Crippen molar-refractivity contribution in [1.82, 2.24) is 14.9 Å². The van der Waals surface area contributed by atoms with Gasteiger partial charge in [-0.25, -0.2) is 22.9 Å². The highest BCUT2D eigenvalue weighted by atomic mass is 32.2. The molecule has 1 amide bonds. The summed E-state index contributed by atoms with van der Waals surface area (Å²) in [5, 5.41) is 8.04. The molecule has 9 heteroatoms. The van der Waals surface area contributed by atoms with Gasteiger partial charge in [-0.2, -0.15) is 0 Å². The number of sulfonamides is 1. The van der Waals surface area contributed by atoms with E-state index in [2.05, 4.69) is 10.3 Å². The lowest BCUT2D eigenvalue weighted by Crippen LogP contribution is -2.26. The van der Waals surface area contributed by atoms with E-state index in [1.807, 2.05) is 11.5 Å². The highest BCUT2D eigenvalue weighted by Gasteiger charge is 2.15. The minimum absolute atomic E-state index is 0.0100. The van der Waals surface area contributed by atoms with Crippen molar-refractivity contribution in [3.63, 3.8) is 0 Å². The van der Waals surface area contributed by atoms with Crippen LogP contribution in [-0.2, 0) is 34.2 Å². The number of aromatic nitrogens is 2. The number of nitrogens with zero attached hydrogens (tertiary/aromatic N) is 2. The second-order valence-electron chi connectivity index (χ2n) is 6.69. The van der Waals surface area contributed by atoms with Crippen LogP contribution < -0.4 is 10.5 Å². The van der Waals surface area contributed by atoms with Crippen molar-refractivity contribution in [2.45, 2.75) is 37.6 Å². The molecular weight excluding hydrogens is 395 g/mol. The fourth-order valence-electron chi connectivity index (χ4n) is 3.19. The van der Waals surface area contributed by atoms with Gasteiger partial charge in [0.15, 0.2) is 0 Å². The number of carbonyl (C=O) groups excluding carboxylic acids is 1. The van der Waals surface area contributed by atoms with Gasteiger partial charge in [0, 0.05) is 25.9 Å². The summed E-state index contributed by atoms with van der Waals surface area (Å²) in [6.45, 7) is 3.07. The number of carbonyl (C=O) groups is 1. The first-order valence-corrected chi connectivity index (χ1v) is 10.9. The standard InChI is InChI=1S/C20H23FN4O3S/c1-2-25-18-8-7-16(29(22,27)28)13-17(18)24-19(25)9-10-20(26)23-12-11-14-3-5-15(21)6-4-14/h3-8,13H,2,9-12H2,1H3,(H,23,26)(H2,22,27,28). The molecule has 0 spiro atoms. The predicted molar refractivity (Wildman–Crippen MR) is 108 cm³/mol. The van der Waals surface area contributed by atoms with Crippen LogP contribution in [-0.4, -0.2) is 30.4 Å². The minimum atomic E-state index is -3.80. The van der Waals surface area contributed by atoms with E-state index in [0.717, 1.165) is 11.1 Å². The van der Waals surface area contributed by atoms with E-state index in [0.29, 0.717) is 37.3 Å². The summed E-state index contributed by atoms with van der Waals surface area (Å²) in [7, 11) is -3.80. The summed E-state index contributed by atoms with van der Waals surface area (Å²) in [5.74, 6) is 0.322. The SMILES string of the molecule is CCn1c(CCC(=O)NCCc2ccc(F)cc2)nc2cc(S(N)(=O)=O)ccc21. The first-order valence-electron chi connectivity index (χ1n) is 9.31. The molecule has 154 valence electrons. The highest BCUT2D eigenvalue weighted by Crippen LogP contribution is 2.20. The average Bonchev–Trinajstić information content (AvgIpc) is 3.04. The van der Waals surface area contributed by atoms with Crippen LogP contribution in [0, 0.1) is 5.82 Å². The van der Waals surface area contributed by atoms with Gasteiger partial charge < -0.3 is 9.88 Å². The van der Waals surface area contributed by atoms with Crippen molar-refractivity contribution >= 4 is 27.0 Å². The molecule has 0 unspecified atom stereocenters. The molecule has 1 aromatic heterocycles. The molecule has 29 heavy (non-hydrogen) atoms. The third-order valence-electron chi connectivity index (χ3n) is 4.67. The number of nitrogens with two attached hydrogens (primary N) is 1. The second kappa shape index (κ2) is 8.71. The van der Waals surface area contributed by atoms with Gasteiger partial charge >= 0.3 is 0 Å². The maximum Gasteiger partial charge on any atom is 0.238 e. The number of hydrogen-bond acceptors (Lipinski definition) is 4. The van der Waals surface area contributed by atoms with Gasteiger partial charge in [-0.3, -0.25) is 4.79 Å². The molecule has 0 aliphatic heterocycles. The maximum atomic E-state index is 12.9. The highest BCUT2D eigenvalue weighted by molar-refractivity contribution is 7.89. The van der Waals surface area contributed by atoms with E-state index in [9.17, 15) is 17.6 Å². The number of halogens is 1. The lowest BCUT2D eigenvalue weighted by atomic mass is 10.1. The molecule has 0 radical (unpaired) electrons. The van der Waals surface area contributed by atoms with Gasteiger partial charge in [0.25, 0.3) is 0 Å². The van der Waals surface area contributed by atoms with E-state index in [4.69, 9.17) is 5.14 Å². The molecule has 0 bridgehead atoms. The van der Waals surface area contributed by atoms with Crippen LogP contribution in [0.3, 0.4) is 0 Å². The van der Waals surface area contributed by atoms with Gasteiger partial charge in [-0.1, -0.05) is 12.1 Å². The number of amides is 1. The van der Waals surface area contributed by atoms with Crippen LogP contribution in [0.15, 0.2) is 47.4 Å². The van der Waals surface area contributed by atoms with Crippen molar-refractivity contribution in [3.8, 4) is 0 Å². The summed E-state index contributed by atoms with van der Waals surface area (Å²) in [4.78, 5) is 16.7. The molecule has 7 nitrogen and oxygen atoms in total. The van der Waals surface area contributed by atoms with E-state index in [1.165, 1.54) is 24.3 Å². The Kier molecular flexibility index (Phi) is 6.29. The lowest BCUT2D eigenvalue weighted by Gasteiger charge is -2.07. The van der Waals surface area contributed by atoms with Crippen LogP contribution in [0.2, 0.25) is 0 Å². The van der Waals surface area contributed by atoms with Gasteiger partial charge in [-0.15, -0.1) is 0 Å². The van der Waals surface area contributed by atoms with Crippen LogP contribution in [0.5, 0.6) is 0 Å². The lowest BCUT2D eigenvalue weighted by molar-refractivity contribution is -0.121. The molecule has 2 aromatic carbocycles. The monoisotopic (exact) mass is 418 g/mol. The van der Waals surface area contributed by atoms with E-state index < -0.39 is 10.0 Å². The molecular formula is C20H23FN4O3S. The minimum Gasteiger partial charge on any atom is -0.356 e. The van der Waals surface area contributed by atoms with Crippen molar-refractivity contribution < 1.29 is 17.6 Å². The molecule has 0 saturated carbocycles. The average molecular weight is 418 g/mol. The first kappa shape index (κ1) is 20.9. The Morgan fingerprint density at radius 2 is 1.90 bits per heavy atom. The van der Waals surface area contributed by atoms with Crippen molar-refractivity contribution in [2.24, 2.45) is 5.14 Å². The van der Waals surface area contributed by atoms with E-state index in [1.54, 1.807) is 18.2 Å². The third-order valence-corrected chi connectivity index (χ3v) is 5.58. The number of primary sulfonamides is 1. The first-order chi connectivity index (χ1) is 13.8. The number of nitrogens with one attached hydrogen (secondary N) is 1. The Balaban J connectivity index is 1.61. The normalized spacial score (nSPS) is 11.7. The third kappa shape index (κ3) is 5.18. The van der Waals surface area contributed by atoms with Gasteiger partial charge in [-0.05, 0) is 49.2 Å². The second-order valence-corrected chi connectivity index (χ2v) is 8.26. The molecule has 0 saturated heterocycles. The molecule has 3 N–H and O–H groups in total. The molecule has 1 heterocycles. The number of aryl methyl sites for hydroxylation is 2. The van der Waals surface area contributed by atoms with Crippen LogP contribution in [0.25, 0.3) is 11.0 Å². The number of fused-ring (bicyclic) bond motifs is 1. The number of hydrogen-bond donors (Lipinski definition) is 2. The summed E-state index contributed by atoms with van der Waals surface area (Å²) >= 11 is 0. The molecule has 0 fully saturated rings. The number of rotatable bonds is 8. The summed E-state index contributed by atoms with van der Waals surface area (Å²) in [6.07, 6.45) is 1.31. The van der Waals surface area contributed by atoms with E-state index in [-0.39, 0.29) is 23.0 Å². The van der Waals surface area contributed by atoms with Gasteiger partial charge in [0.2, 0.25) is 15.9 Å². The topological polar surface area (TPSA) is 107 Å². The van der Waals surface area contributed by atoms with Crippen molar-refractivity contribution in [1.29, 1.82) is 0 Å². The van der Waals surface area contributed by atoms with Crippen LogP contribution in [0.4, 0.5) is 4.39 Å². The van der Waals surface area contributed by atoms with E-state index >= 15 is 0 Å². The van der Waals surface area contributed by atoms with Gasteiger partial charge in [0.1, 0.15) is 11.6 Å². The molecule has 0 aliphatic carbocycles. The molecule has 0 atom stereocenters. The Labute approximate surface area is 168 Å². The van der Waals surface area contributed by atoms with Crippen LogP contribution in [0.1, 0.15) is 24.7 Å². The smallest absolute Gasteiger partial charge is 0.238 e. The summed E-state index contributed by atoms with van der Waals surface area (Å²) < 4.78 is 37.9. The maximum absolute atomic E-state index is 12.9. The Bertz CT molecular complexity index is 1120. The molecule has 0 aliphatic rings. The Hall–Kier alpha value is -2.78. The molecule has 3 aromatic rings. The fourth-order valence-corrected chi connectivity index (χ4v) is 3.72.